The maximum absolute atomic E-state index is 12.1. The van der Waals surface area contributed by atoms with Crippen molar-refractivity contribution < 1.29 is 9.53 Å². The van der Waals surface area contributed by atoms with Gasteiger partial charge in [0.2, 0.25) is 0 Å². The lowest BCUT2D eigenvalue weighted by molar-refractivity contribution is 0.0509. The number of hydrogen-bond acceptors (Lipinski definition) is 6. The quantitative estimate of drug-likeness (QED) is 0.619. The van der Waals surface area contributed by atoms with Gasteiger partial charge < -0.3 is 10.5 Å². The average Bonchev–Trinajstić information content (AvgIpc) is 2.98. The Labute approximate surface area is 138 Å². The van der Waals surface area contributed by atoms with Gasteiger partial charge in [0, 0.05) is 17.1 Å². The molecule has 2 rings (SSSR count). The van der Waals surface area contributed by atoms with Crippen LogP contribution in [0.25, 0.3) is 11.3 Å². The minimum absolute atomic E-state index is 0.0838. The number of rotatable bonds is 7. The van der Waals surface area contributed by atoms with Gasteiger partial charge in [0.15, 0.2) is 0 Å². The molecule has 0 spiro atoms. The fraction of sp³-hybridized carbons (Fsp3) is 0.333. The SMILES string of the molecule is CCOC(=O)c1cc(-c2cccc(Cl)c2)nn1C(CN)CN=O. The second-order valence-corrected chi connectivity index (χ2v) is 5.23. The minimum Gasteiger partial charge on any atom is -0.461 e. The topological polar surface area (TPSA) is 99.6 Å². The molecular formula is C15H17ClN4O3. The van der Waals surface area contributed by atoms with Gasteiger partial charge in [-0.15, -0.1) is 0 Å². The molecular weight excluding hydrogens is 320 g/mol. The van der Waals surface area contributed by atoms with Crippen molar-refractivity contribution in [1.82, 2.24) is 9.78 Å². The number of carbonyl (C=O) groups is 1. The first-order valence-electron chi connectivity index (χ1n) is 7.12. The van der Waals surface area contributed by atoms with E-state index >= 15 is 0 Å². The second kappa shape index (κ2) is 7.85. The van der Waals surface area contributed by atoms with Crippen molar-refractivity contribution in [3.63, 3.8) is 0 Å². The van der Waals surface area contributed by atoms with Gasteiger partial charge in [-0.25, -0.2) is 4.79 Å². The fourth-order valence-electron chi connectivity index (χ4n) is 2.16. The molecule has 0 fully saturated rings. The van der Waals surface area contributed by atoms with Crippen LogP contribution in [-0.4, -0.2) is 35.4 Å². The zero-order chi connectivity index (χ0) is 16.8. The number of hydrogen-bond donors (Lipinski definition) is 1. The monoisotopic (exact) mass is 336 g/mol. The highest BCUT2D eigenvalue weighted by Crippen LogP contribution is 2.24. The summed E-state index contributed by atoms with van der Waals surface area (Å²) in [7, 11) is 0. The molecule has 23 heavy (non-hydrogen) atoms. The molecule has 0 saturated heterocycles. The molecule has 7 nitrogen and oxygen atoms in total. The first-order chi connectivity index (χ1) is 11.1. The predicted octanol–water partition coefficient (Wildman–Crippen LogP) is 2.65. The molecule has 0 radical (unpaired) electrons. The molecule has 8 heteroatoms. The molecule has 0 amide bonds. The molecule has 1 unspecified atom stereocenters. The Hall–Kier alpha value is -2.25. The largest absolute Gasteiger partial charge is 0.461 e. The molecule has 0 aliphatic rings. The van der Waals surface area contributed by atoms with E-state index in [9.17, 15) is 9.70 Å². The standard InChI is InChI=1S/C15H17ClN4O3/c1-2-23-15(21)14-7-13(10-4-3-5-11(16)6-10)19-20(14)12(8-17)9-18-22/h3-7,12H,2,8-9,17H2,1H3. The smallest absolute Gasteiger partial charge is 0.356 e. The maximum Gasteiger partial charge on any atom is 0.356 e. The van der Waals surface area contributed by atoms with E-state index in [1.807, 2.05) is 6.07 Å². The van der Waals surface area contributed by atoms with E-state index in [0.29, 0.717) is 10.7 Å². The van der Waals surface area contributed by atoms with Crippen molar-refractivity contribution in [2.24, 2.45) is 10.9 Å². The zero-order valence-electron chi connectivity index (χ0n) is 12.6. The van der Waals surface area contributed by atoms with Gasteiger partial charge in [-0.3, -0.25) is 4.68 Å². The van der Waals surface area contributed by atoms with E-state index in [4.69, 9.17) is 22.1 Å². The van der Waals surface area contributed by atoms with E-state index in [1.165, 1.54) is 4.68 Å². The number of benzene rings is 1. The van der Waals surface area contributed by atoms with Crippen molar-refractivity contribution >= 4 is 17.6 Å². The molecule has 1 aromatic carbocycles. The van der Waals surface area contributed by atoms with Crippen molar-refractivity contribution in [2.45, 2.75) is 13.0 Å². The van der Waals surface area contributed by atoms with Crippen molar-refractivity contribution in [3.8, 4) is 11.3 Å². The van der Waals surface area contributed by atoms with Gasteiger partial charge in [0.1, 0.15) is 12.2 Å². The third kappa shape index (κ3) is 3.94. The van der Waals surface area contributed by atoms with Gasteiger partial charge in [0.25, 0.3) is 0 Å². The van der Waals surface area contributed by atoms with Crippen LogP contribution < -0.4 is 5.73 Å². The summed E-state index contributed by atoms with van der Waals surface area (Å²) < 4.78 is 6.44. The Bertz CT molecular complexity index is 702. The van der Waals surface area contributed by atoms with Gasteiger partial charge >= 0.3 is 5.97 Å². The van der Waals surface area contributed by atoms with E-state index in [1.54, 1.807) is 31.2 Å². The van der Waals surface area contributed by atoms with Gasteiger partial charge in [-0.1, -0.05) is 28.9 Å². The number of halogens is 1. The zero-order valence-corrected chi connectivity index (χ0v) is 13.4. The molecule has 2 aromatic rings. The van der Waals surface area contributed by atoms with Crippen LogP contribution in [0.3, 0.4) is 0 Å². The number of aromatic nitrogens is 2. The maximum atomic E-state index is 12.1. The molecule has 1 aromatic heterocycles. The van der Waals surface area contributed by atoms with Crippen molar-refractivity contribution in [1.29, 1.82) is 0 Å². The second-order valence-electron chi connectivity index (χ2n) is 4.79. The summed E-state index contributed by atoms with van der Waals surface area (Å²) in [6.07, 6.45) is 0. The van der Waals surface area contributed by atoms with Crippen LogP contribution in [0.5, 0.6) is 0 Å². The molecule has 122 valence electrons. The molecule has 0 bridgehead atoms. The summed E-state index contributed by atoms with van der Waals surface area (Å²) in [6.45, 7) is 1.98. The number of ether oxygens (including phenoxy) is 1. The van der Waals surface area contributed by atoms with Crippen LogP contribution in [0, 0.1) is 4.91 Å². The Morgan fingerprint density at radius 2 is 2.26 bits per heavy atom. The number of nitrogens with two attached hydrogens (primary N) is 1. The van der Waals surface area contributed by atoms with Gasteiger partial charge in [0.05, 0.1) is 18.3 Å². The summed E-state index contributed by atoms with van der Waals surface area (Å²) in [5.41, 5.74) is 7.18. The van der Waals surface area contributed by atoms with E-state index < -0.39 is 12.0 Å². The number of nitrogens with zero attached hydrogens (tertiary/aromatic N) is 3. The first-order valence-corrected chi connectivity index (χ1v) is 7.50. The third-order valence-corrected chi connectivity index (χ3v) is 3.48. The van der Waals surface area contributed by atoms with Crippen LogP contribution in [0.1, 0.15) is 23.5 Å². The molecule has 1 heterocycles. The molecule has 0 saturated carbocycles. The highest BCUT2D eigenvalue weighted by Gasteiger charge is 2.22. The molecule has 1 atom stereocenters. The highest BCUT2D eigenvalue weighted by atomic mass is 35.5. The lowest BCUT2D eigenvalue weighted by Crippen LogP contribution is -2.26. The highest BCUT2D eigenvalue weighted by molar-refractivity contribution is 6.30. The van der Waals surface area contributed by atoms with Crippen molar-refractivity contribution in [3.05, 3.63) is 46.0 Å². The Kier molecular flexibility index (Phi) is 5.84. The lowest BCUT2D eigenvalue weighted by atomic mass is 10.1. The number of nitroso groups, excluding NO2 is 1. The molecule has 2 N–H and O–H groups in total. The van der Waals surface area contributed by atoms with E-state index in [0.717, 1.165) is 5.56 Å². The van der Waals surface area contributed by atoms with Gasteiger partial charge in [-0.05, 0) is 25.1 Å². The molecule has 0 aliphatic carbocycles. The Morgan fingerprint density at radius 3 is 2.87 bits per heavy atom. The first kappa shape index (κ1) is 17.1. The van der Waals surface area contributed by atoms with Crippen LogP contribution in [0.15, 0.2) is 35.5 Å². The summed E-state index contributed by atoms with van der Waals surface area (Å²) >= 11 is 5.99. The average molecular weight is 337 g/mol. The number of esters is 1. The molecule has 0 aliphatic heterocycles. The van der Waals surface area contributed by atoms with Gasteiger partial charge in [-0.2, -0.15) is 10.0 Å². The summed E-state index contributed by atoms with van der Waals surface area (Å²) in [5, 5.41) is 7.81. The third-order valence-electron chi connectivity index (χ3n) is 3.24. The van der Waals surface area contributed by atoms with E-state index in [-0.39, 0.29) is 25.4 Å². The summed E-state index contributed by atoms with van der Waals surface area (Å²) in [4.78, 5) is 22.7. The minimum atomic E-state index is -0.530. The lowest BCUT2D eigenvalue weighted by Gasteiger charge is -2.14. The Morgan fingerprint density at radius 1 is 1.48 bits per heavy atom. The normalized spacial score (nSPS) is 12.0. The predicted molar refractivity (Wildman–Crippen MR) is 87.4 cm³/mol. The fourth-order valence-corrected chi connectivity index (χ4v) is 2.35. The number of carbonyl (C=O) groups excluding carboxylic acids is 1. The van der Waals surface area contributed by atoms with Crippen LogP contribution in [0.2, 0.25) is 5.02 Å². The van der Waals surface area contributed by atoms with Crippen LogP contribution >= 0.6 is 11.6 Å². The summed E-state index contributed by atoms with van der Waals surface area (Å²) in [6, 6.07) is 8.17. The van der Waals surface area contributed by atoms with E-state index in [2.05, 4.69) is 10.3 Å². The Balaban J connectivity index is 2.50. The summed E-state index contributed by atoms with van der Waals surface area (Å²) in [5.74, 6) is -0.530. The van der Waals surface area contributed by atoms with Crippen LogP contribution in [0.4, 0.5) is 0 Å². The van der Waals surface area contributed by atoms with Crippen LogP contribution in [-0.2, 0) is 4.74 Å². The van der Waals surface area contributed by atoms with Crippen molar-refractivity contribution in [2.75, 3.05) is 19.7 Å².